The number of thiophene rings is 1. The molecule has 1 N–H and O–H groups in total. The molecule has 2 aliphatic heterocycles. The third kappa shape index (κ3) is 4.89. The van der Waals surface area contributed by atoms with E-state index in [2.05, 4.69) is 0 Å². The van der Waals surface area contributed by atoms with Crippen molar-refractivity contribution >= 4 is 52.3 Å². The van der Waals surface area contributed by atoms with Crippen LogP contribution in [0.25, 0.3) is 0 Å². The third-order valence-electron chi connectivity index (χ3n) is 6.96. The molecule has 3 atom stereocenters. The summed E-state index contributed by atoms with van der Waals surface area (Å²) in [5, 5.41) is 12.2. The topological polar surface area (TPSA) is 84.4 Å². The molecule has 0 aliphatic carbocycles. The lowest BCUT2D eigenvalue weighted by Crippen LogP contribution is -2.67. The van der Waals surface area contributed by atoms with Gasteiger partial charge in [-0.05, 0) is 54.1 Å². The van der Waals surface area contributed by atoms with Crippen molar-refractivity contribution in [1.29, 1.82) is 0 Å². The SMILES string of the molecule is CN(Cc1csc(Cl)c1)C(=O)N1[C@H]2CC[C@@H]1[C@@H](C(=O)O)N(C(=O)N(c1ccccc1)c1ccccc1)C2. The Balaban J connectivity index is 1.43. The molecule has 2 aromatic carbocycles. The highest BCUT2D eigenvalue weighted by atomic mass is 35.5. The molecule has 3 aromatic rings. The van der Waals surface area contributed by atoms with E-state index in [-0.39, 0.29) is 18.6 Å². The van der Waals surface area contributed by atoms with Crippen molar-refractivity contribution < 1.29 is 19.5 Å². The number of benzene rings is 2. The molecule has 2 aliphatic rings. The Morgan fingerprint density at radius 1 is 1.00 bits per heavy atom. The second-order valence-corrected chi connectivity index (χ2v) is 10.9. The van der Waals surface area contributed by atoms with Crippen molar-refractivity contribution in [2.24, 2.45) is 0 Å². The molecule has 37 heavy (non-hydrogen) atoms. The lowest BCUT2D eigenvalue weighted by molar-refractivity contribution is -0.145. The zero-order valence-electron chi connectivity index (χ0n) is 20.2. The molecular formula is C27H27ClN4O4S. The van der Waals surface area contributed by atoms with E-state index in [0.717, 1.165) is 5.56 Å². The maximum absolute atomic E-state index is 14.1. The van der Waals surface area contributed by atoms with Crippen LogP contribution in [0.4, 0.5) is 21.0 Å². The van der Waals surface area contributed by atoms with E-state index in [1.54, 1.807) is 21.7 Å². The predicted octanol–water partition coefficient (Wildman–Crippen LogP) is 5.51. The highest BCUT2D eigenvalue weighted by Gasteiger charge is 2.54. The summed E-state index contributed by atoms with van der Waals surface area (Å²) in [6.07, 6.45) is 1.16. The Hall–Kier alpha value is -3.56. The Morgan fingerprint density at radius 2 is 1.62 bits per heavy atom. The summed E-state index contributed by atoms with van der Waals surface area (Å²) < 4.78 is 0.648. The summed E-state index contributed by atoms with van der Waals surface area (Å²) in [6.45, 7) is 0.514. The molecule has 1 aromatic heterocycles. The quantitative estimate of drug-likeness (QED) is 0.464. The van der Waals surface area contributed by atoms with Crippen LogP contribution in [-0.2, 0) is 11.3 Å². The summed E-state index contributed by atoms with van der Waals surface area (Å²) in [6, 6.07) is 17.5. The van der Waals surface area contributed by atoms with E-state index in [9.17, 15) is 19.5 Å². The zero-order chi connectivity index (χ0) is 26.1. The minimum absolute atomic E-state index is 0.145. The number of hydrogen-bond acceptors (Lipinski definition) is 4. The first-order valence-corrected chi connectivity index (χ1v) is 13.3. The van der Waals surface area contributed by atoms with E-state index < -0.39 is 24.1 Å². The minimum atomic E-state index is -1.16. The monoisotopic (exact) mass is 538 g/mol. The fraction of sp³-hybridized carbons (Fsp3) is 0.296. The van der Waals surface area contributed by atoms with E-state index in [4.69, 9.17) is 11.6 Å². The molecule has 0 radical (unpaired) electrons. The minimum Gasteiger partial charge on any atom is -0.480 e. The van der Waals surface area contributed by atoms with Gasteiger partial charge in [0.15, 0.2) is 6.04 Å². The first-order chi connectivity index (χ1) is 17.8. The molecule has 8 nitrogen and oxygen atoms in total. The molecule has 5 rings (SSSR count). The zero-order valence-corrected chi connectivity index (χ0v) is 21.8. The van der Waals surface area contributed by atoms with Gasteiger partial charge in [-0.2, -0.15) is 0 Å². The van der Waals surface area contributed by atoms with Gasteiger partial charge in [-0.1, -0.05) is 48.0 Å². The van der Waals surface area contributed by atoms with Crippen LogP contribution in [0, 0.1) is 0 Å². The normalized spacial score (nSPS) is 20.5. The van der Waals surface area contributed by atoms with Gasteiger partial charge in [0.2, 0.25) is 0 Å². The predicted molar refractivity (Wildman–Crippen MR) is 143 cm³/mol. The van der Waals surface area contributed by atoms with Gasteiger partial charge in [-0.15, -0.1) is 11.3 Å². The first kappa shape index (κ1) is 25.1. The summed E-state index contributed by atoms with van der Waals surface area (Å²) in [7, 11) is 1.70. The lowest BCUT2D eigenvalue weighted by atomic mass is 10.0. The number of hydrogen-bond donors (Lipinski definition) is 1. The van der Waals surface area contributed by atoms with Crippen LogP contribution in [-0.4, -0.2) is 69.6 Å². The van der Waals surface area contributed by atoms with Gasteiger partial charge in [0.25, 0.3) is 0 Å². The van der Waals surface area contributed by atoms with Crippen molar-refractivity contribution in [3.05, 3.63) is 82.0 Å². The number of rotatable bonds is 5. The Morgan fingerprint density at radius 3 is 2.16 bits per heavy atom. The van der Waals surface area contributed by atoms with Gasteiger partial charge in [0, 0.05) is 20.1 Å². The number of urea groups is 2. The van der Waals surface area contributed by atoms with Gasteiger partial charge >= 0.3 is 18.0 Å². The highest BCUT2D eigenvalue weighted by Crippen LogP contribution is 2.38. The molecule has 4 amide bonds. The number of anilines is 2. The van der Waals surface area contributed by atoms with Gasteiger partial charge in [0.1, 0.15) is 0 Å². The molecule has 2 saturated heterocycles. The smallest absolute Gasteiger partial charge is 0.329 e. The van der Waals surface area contributed by atoms with Crippen molar-refractivity contribution in [3.63, 3.8) is 0 Å². The van der Waals surface area contributed by atoms with Crippen LogP contribution >= 0.6 is 22.9 Å². The number of carboxylic acid groups (broad SMARTS) is 1. The van der Waals surface area contributed by atoms with Crippen LogP contribution in [0.15, 0.2) is 72.1 Å². The molecule has 0 spiro atoms. The van der Waals surface area contributed by atoms with E-state index >= 15 is 0 Å². The number of aliphatic carboxylic acids is 1. The molecule has 2 bridgehead atoms. The molecule has 0 unspecified atom stereocenters. The van der Waals surface area contributed by atoms with E-state index in [1.807, 2.05) is 72.1 Å². The van der Waals surface area contributed by atoms with Crippen molar-refractivity contribution in [1.82, 2.24) is 14.7 Å². The summed E-state index contributed by atoms with van der Waals surface area (Å²) in [5.74, 6) is -1.12. The number of carbonyl (C=O) groups excluding carboxylic acids is 2. The number of carboxylic acids is 1. The Kier molecular flexibility index (Phi) is 7.08. The van der Waals surface area contributed by atoms with Gasteiger partial charge in [0.05, 0.1) is 27.8 Å². The number of piperazine rings is 1. The molecule has 10 heteroatoms. The summed E-state index contributed by atoms with van der Waals surface area (Å²) in [5.41, 5.74) is 2.20. The fourth-order valence-corrected chi connectivity index (χ4v) is 6.26. The first-order valence-electron chi connectivity index (χ1n) is 12.0. The second kappa shape index (κ2) is 10.4. The number of amides is 4. The second-order valence-electron chi connectivity index (χ2n) is 9.33. The van der Waals surface area contributed by atoms with Crippen LogP contribution in [0.5, 0.6) is 0 Å². The molecule has 192 valence electrons. The third-order valence-corrected chi connectivity index (χ3v) is 8.10. The Labute approximate surface area is 224 Å². The molecule has 2 fully saturated rings. The largest absolute Gasteiger partial charge is 0.480 e. The van der Waals surface area contributed by atoms with Gasteiger partial charge in [-0.3, -0.25) is 4.90 Å². The van der Waals surface area contributed by atoms with Crippen LogP contribution in [0.3, 0.4) is 0 Å². The van der Waals surface area contributed by atoms with Crippen LogP contribution in [0.2, 0.25) is 4.34 Å². The lowest BCUT2D eigenvalue weighted by Gasteiger charge is -2.47. The summed E-state index contributed by atoms with van der Waals surface area (Å²) >= 11 is 7.44. The number of likely N-dealkylation sites (tertiary alicyclic amines) is 1. The Bertz CT molecular complexity index is 1250. The maximum Gasteiger partial charge on any atom is 0.329 e. The van der Waals surface area contributed by atoms with E-state index in [0.29, 0.717) is 35.1 Å². The molecular weight excluding hydrogens is 512 g/mol. The average Bonchev–Trinajstić information content (AvgIpc) is 3.44. The van der Waals surface area contributed by atoms with Crippen molar-refractivity contribution in [2.75, 3.05) is 18.5 Å². The molecule has 3 heterocycles. The standard InChI is InChI=1S/C27H27ClN4O4S/c1-29(15-18-14-23(28)37-17-18)26(35)32-21-12-13-22(32)24(25(33)34)30(16-21)27(36)31(19-8-4-2-5-9-19)20-10-6-3-7-11-20/h2-11,14,17,21-22,24H,12-13,15-16H2,1H3,(H,33,34)/t21-,22+,24-/m0/s1. The molecule has 0 saturated carbocycles. The van der Waals surface area contributed by atoms with E-state index in [1.165, 1.54) is 16.2 Å². The maximum atomic E-state index is 14.1. The average molecular weight is 539 g/mol. The number of fused-ring (bicyclic) bond motifs is 2. The van der Waals surface area contributed by atoms with Crippen molar-refractivity contribution in [2.45, 2.75) is 37.5 Å². The van der Waals surface area contributed by atoms with Crippen LogP contribution < -0.4 is 4.90 Å². The number of carbonyl (C=O) groups is 3. The number of nitrogens with zero attached hydrogens (tertiary/aromatic N) is 4. The van der Waals surface area contributed by atoms with Gasteiger partial charge < -0.3 is 19.8 Å². The summed E-state index contributed by atoms with van der Waals surface area (Å²) in [4.78, 5) is 46.4. The highest BCUT2D eigenvalue weighted by molar-refractivity contribution is 7.14. The van der Waals surface area contributed by atoms with Gasteiger partial charge in [-0.25, -0.2) is 14.4 Å². The number of para-hydroxylation sites is 2. The van der Waals surface area contributed by atoms with Crippen LogP contribution in [0.1, 0.15) is 18.4 Å². The van der Waals surface area contributed by atoms with Crippen molar-refractivity contribution in [3.8, 4) is 0 Å². The number of halogens is 1. The fourth-order valence-electron chi connectivity index (χ4n) is 5.36.